The summed E-state index contributed by atoms with van der Waals surface area (Å²) in [7, 11) is 0. The summed E-state index contributed by atoms with van der Waals surface area (Å²) < 4.78 is 13.5. The lowest BCUT2D eigenvalue weighted by molar-refractivity contribution is -0.120. The normalized spacial score (nSPS) is 17.4. The van der Waals surface area contributed by atoms with Gasteiger partial charge in [0.25, 0.3) is 0 Å². The van der Waals surface area contributed by atoms with Crippen LogP contribution < -0.4 is 10.1 Å². The summed E-state index contributed by atoms with van der Waals surface area (Å²) in [6.07, 6.45) is 5.64. The van der Waals surface area contributed by atoms with Crippen LogP contribution in [0.5, 0.6) is 5.75 Å². The molecule has 0 aliphatic carbocycles. The van der Waals surface area contributed by atoms with Gasteiger partial charge < -0.3 is 14.8 Å². The lowest BCUT2D eigenvalue weighted by atomic mass is 10.1. The monoisotopic (exact) mass is 386 g/mol. The van der Waals surface area contributed by atoms with Gasteiger partial charge in [0.2, 0.25) is 5.91 Å². The summed E-state index contributed by atoms with van der Waals surface area (Å²) >= 11 is 0. The third-order valence-corrected chi connectivity index (χ3v) is 4.79. The van der Waals surface area contributed by atoms with Crippen molar-refractivity contribution in [2.75, 3.05) is 13.2 Å². The molecule has 0 radical (unpaired) electrons. The van der Waals surface area contributed by atoms with Crippen molar-refractivity contribution in [2.45, 2.75) is 65.1 Å². The number of hydrogen-bond donors (Lipinski definition) is 1. The van der Waals surface area contributed by atoms with E-state index in [1.165, 1.54) is 13.3 Å². The van der Waals surface area contributed by atoms with Gasteiger partial charge in [-0.1, -0.05) is 5.21 Å². The number of aryl methyl sites for hydroxylation is 1. The van der Waals surface area contributed by atoms with E-state index in [1.54, 1.807) is 0 Å². The second kappa shape index (κ2) is 8.73. The predicted octanol–water partition coefficient (Wildman–Crippen LogP) is 3.12. The number of carbonyl (C=O) groups is 1. The Morgan fingerprint density at radius 1 is 1.39 bits per heavy atom. The molecule has 0 saturated carbocycles. The van der Waals surface area contributed by atoms with E-state index in [0.717, 1.165) is 48.6 Å². The van der Waals surface area contributed by atoms with Gasteiger partial charge in [-0.15, -0.1) is 5.10 Å². The van der Waals surface area contributed by atoms with Crippen molar-refractivity contribution in [2.24, 2.45) is 0 Å². The highest BCUT2D eigenvalue weighted by Gasteiger charge is 2.20. The smallest absolute Gasteiger partial charge is 0.217 e. The largest absolute Gasteiger partial charge is 0.491 e. The lowest BCUT2D eigenvalue weighted by Gasteiger charge is -2.25. The second-order valence-electron chi connectivity index (χ2n) is 8.14. The molecule has 2 heterocycles. The Morgan fingerprint density at radius 3 is 2.89 bits per heavy atom. The molecule has 28 heavy (non-hydrogen) atoms. The Hall–Kier alpha value is -2.41. The molecular weight excluding hydrogens is 356 g/mol. The van der Waals surface area contributed by atoms with Gasteiger partial charge in [-0.3, -0.25) is 4.79 Å². The van der Waals surface area contributed by atoms with E-state index in [0.29, 0.717) is 6.61 Å². The quantitative estimate of drug-likeness (QED) is 0.791. The molecule has 7 nitrogen and oxygen atoms in total. The van der Waals surface area contributed by atoms with E-state index in [9.17, 15) is 4.79 Å². The molecule has 1 aromatic heterocycles. The average molecular weight is 386 g/mol. The maximum absolute atomic E-state index is 11.3. The van der Waals surface area contributed by atoms with Crippen molar-refractivity contribution in [1.29, 1.82) is 0 Å². The van der Waals surface area contributed by atoms with Gasteiger partial charge in [-0.25, -0.2) is 4.68 Å². The molecule has 2 aromatic rings. The minimum atomic E-state index is -0.428. The van der Waals surface area contributed by atoms with Gasteiger partial charge in [0, 0.05) is 19.1 Å². The highest BCUT2D eigenvalue weighted by atomic mass is 16.5. The van der Waals surface area contributed by atoms with Crippen molar-refractivity contribution >= 4 is 5.91 Å². The summed E-state index contributed by atoms with van der Waals surface area (Å²) in [6, 6.07) is 5.92. The van der Waals surface area contributed by atoms with Crippen molar-refractivity contribution in [3.05, 3.63) is 30.0 Å². The number of carbonyl (C=O) groups excluding carboxylic acids is 1. The van der Waals surface area contributed by atoms with Crippen molar-refractivity contribution in [1.82, 2.24) is 20.3 Å². The number of nitrogens with one attached hydrogen (secondary N) is 1. The molecule has 0 unspecified atom stereocenters. The van der Waals surface area contributed by atoms with Crippen LogP contribution in [-0.4, -0.2) is 45.8 Å². The molecule has 1 aliphatic heterocycles. The van der Waals surface area contributed by atoms with Crippen molar-refractivity contribution in [3.8, 4) is 17.0 Å². The first-order valence-electron chi connectivity index (χ1n) is 9.87. The summed E-state index contributed by atoms with van der Waals surface area (Å²) in [5, 5.41) is 11.5. The number of aromatic nitrogens is 3. The zero-order valence-electron chi connectivity index (χ0n) is 17.2. The Morgan fingerprint density at radius 2 is 2.21 bits per heavy atom. The number of rotatable bonds is 7. The van der Waals surface area contributed by atoms with Crippen LogP contribution in [0.25, 0.3) is 11.3 Å². The molecule has 0 spiro atoms. The molecule has 1 atom stereocenters. The molecule has 7 heteroatoms. The summed E-state index contributed by atoms with van der Waals surface area (Å²) in [5.41, 5.74) is 2.51. The van der Waals surface area contributed by atoms with Crippen molar-refractivity contribution in [3.63, 3.8) is 0 Å². The van der Waals surface area contributed by atoms with Crippen LogP contribution in [0, 0.1) is 6.92 Å². The number of amides is 1. The number of ether oxygens (including phenoxy) is 2. The zero-order valence-corrected chi connectivity index (χ0v) is 17.2. The highest BCUT2D eigenvalue weighted by molar-refractivity contribution is 5.73. The van der Waals surface area contributed by atoms with E-state index in [4.69, 9.17) is 9.47 Å². The highest BCUT2D eigenvalue weighted by Crippen LogP contribution is 2.26. The fraction of sp³-hybridized carbons (Fsp3) is 0.571. The van der Waals surface area contributed by atoms with Crippen LogP contribution in [0.2, 0.25) is 0 Å². The van der Waals surface area contributed by atoms with Crippen LogP contribution in [0.1, 0.15) is 45.6 Å². The van der Waals surface area contributed by atoms with Gasteiger partial charge in [0.15, 0.2) is 0 Å². The fourth-order valence-corrected chi connectivity index (χ4v) is 3.46. The van der Waals surface area contributed by atoms with E-state index in [2.05, 4.69) is 15.6 Å². The molecule has 1 aromatic carbocycles. The molecule has 3 rings (SSSR count). The maximum atomic E-state index is 11.3. The Labute approximate surface area is 166 Å². The van der Waals surface area contributed by atoms with E-state index in [-0.39, 0.29) is 12.0 Å². The SMILES string of the molecule is CC(=O)NC(C)(C)COc1ccc(-c2cn(C[C@H]3CCCCO3)nn2)c(C)c1. The molecule has 0 bridgehead atoms. The van der Waals surface area contributed by atoms with Gasteiger partial charge in [0.05, 0.1) is 24.4 Å². The fourth-order valence-electron chi connectivity index (χ4n) is 3.46. The molecule has 1 fully saturated rings. The van der Waals surface area contributed by atoms with Gasteiger partial charge >= 0.3 is 0 Å². The topological polar surface area (TPSA) is 78.3 Å². The average Bonchev–Trinajstić information content (AvgIpc) is 3.08. The molecule has 1 N–H and O–H groups in total. The van der Waals surface area contributed by atoms with Crippen LogP contribution in [-0.2, 0) is 16.1 Å². The van der Waals surface area contributed by atoms with Gasteiger partial charge in [-0.2, -0.15) is 0 Å². The van der Waals surface area contributed by atoms with Gasteiger partial charge in [-0.05, 0) is 63.8 Å². The summed E-state index contributed by atoms with van der Waals surface area (Å²) in [6.45, 7) is 9.38. The van der Waals surface area contributed by atoms with Gasteiger partial charge in [0.1, 0.15) is 18.1 Å². The van der Waals surface area contributed by atoms with E-state index >= 15 is 0 Å². The third kappa shape index (κ3) is 5.55. The minimum Gasteiger partial charge on any atom is -0.491 e. The number of benzene rings is 1. The standard InChI is InChI=1S/C21H30N4O3/c1-15-11-17(28-14-21(3,4)22-16(2)26)8-9-19(15)20-13-25(24-23-20)12-18-7-5-6-10-27-18/h8-9,11,13,18H,5-7,10,12,14H2,1-4H3,(H,22,26)/t18-/m1/s1. The number of nitrogens with zero attached hydrogens (tertiary/aromatic N) is 3. The Balaban J connectivity index is 1.63. The van der Waals surface area contributed by atoms with Crippen molar-refractivity contribution < 1.29 is 14.3 Å². The predicted molar refractivity (Wildman–Crippen MR) is 107 cm³/mol. The Bertz CT molecular complexity index is 810. The maximum Gasteiger partial charge on any atom is 0.217 e. The molecular formula is C21H30N4O3. The summed E-state index contributed by atoms with van der Waals surface area (Å²) in [5.74, 6) is 0.699. The first-order chi connectivity index (χ1) is 13.3. The first kappa shape index (κ1) is 20.3. The Kier molecular flexibility index (Phi) is 6.34. The molecule has 1 saturated heterocycles. The van der Waals surface area contributed by atoms with Crippen LogP contribution in [0.4, 0.5) is 0 Å². The first-order valence-corrected chi connectivity index (χ1v) is 9.87. The molecule has 1 aliphatic rings. The van der Waals surface area contributed by atoms with Crippen LogP contribution in [0.15, 0.2) is 24.4 Å². The molecule has 1 amide bonds. The molecule has 152 valence electrons. The van der Waals surface area contributed by atoms with Crippen LogP contribution >= 0.6 is 0 Å². The second-order valence-corrected chi connectivity index (χ2v) is 8.14. The van der Waals surface area contributed by atoms with Crippen LogP contribution in [0.3, 0.4) is 0 Å². The number of hydrogen-bond acceptors (Lipinski definition) is 5. The summed E-state index contributed by atoms with van der Waals surface area (Å²) in [4.78, 5) is 11.3. The van der Waals surface area contributed by atoms with E-state index < -0.39 is 5.54 Å². The zero-order chi connectivity index (χ0) is 20.1. The van der Waals surface area contributed by atoms with E-state index in [1.807, 2.05) is 49.8 Å². The third-order valence-electron chi connectivity index (χ3n) is 4.79. The lowest BCUT2D eigenvalue weighted by Crippen LogP contribution is -2.46. The minimum absolute atomic E-state index is 0.0677.